The van der Waals surface area contributed by atoms with E-state index in [1.165, 1.54) is 37.8 Å². The van der Waals surface area contributed by atoms with Crippen LogP contribution in [0, 0.1) is 12.8 Å². The molecule has 3 heteroatoms. The molecule has 0 aliphatic heterocycles. The van der Waals surface area contributed by atoms with E-state index < -0.39 is 0 Å². The second-order valence-corrected chi connectivity index (χ2v) is 6.16. The van der Waals surface area contributed by atoms with E-state index in [-0.39, 0.29) is 0 Å². The minimum Gasteiger partial charge on any atom is -0.449 e. The minimum atomic E-state index is 0.547. The van der Waals surface area contributed by atoms with Crippen molar-refractivity contribution in [2.45, 2.75) is 52.0 Å². The van der Waals surface area contributed by atoms with Crippen molar-refractivity contribution in [3.8, 4) is 11.3 Å². The highest BCUT2D eigenvalue weighted by atomic mass is 16.3. The smallest absolute Gasteiger partial charge is 0.191 e. The fourth-order valence-electron chi connectivity index (χ4n) is 3.25. The summed E-state index contributed by atoms with van der Waals surface area (Å²) in [6, 6.07) is 9.03. The number of rotatable bonds is 4. The van der Waals surface area contributed by atoms with Crippen molar-refractivity contribution in [1.29, 1.82) is 0 Å². The van der Waals surface area contributed by atoms with Crippen LogP contribution in [0.2, 0.25) is 0 Å². The van der Waals surface area contributed by atoms with Crippen molar-refractivity contribution in [1.82, 2.24) is 4.98 Å². The maximum atomic E-state index is 5.27. The molecule has 1 N–H and O–H groups in total. The van der Waals surface area contributed by atoms with Gasteiger partial charge in [0.15, 0.2) is 5.89 Å². The minimum absolute atomic E-state index is 0.547. The first-order valence-corrected chi connectivity index (χ1v) is 8.01. The third-order valence-electron chi connectivity index (χ3n) is 4.55. The summed E-state index contributed by atoms with van der Waals surface area (Å²) in [5.74, 6) is 1.52. The van der Waals surface area contributed by atoms with Crippen molar-refractivity contribution in [2.24, 2.45) is 5.92 Å². The van der Waals surface area contributed by atoms with E-state index in [9.17, 15) is 0 Å². The van der Waals surface area contributed by atoms with E-state index >= 15 is 0 Å². The Morgan fingerprint density at radius 2 is 1.86 bits per heavy atom. The molecule has 21 heavy (non-hydrogen) atoms. The van der Waals surface area contributed by atoms with Crippen LogP contribution in [0.15, 0.2) is 34.9 Å². The van der Waals surface area contributed by atoms with Gasteiger partial charge in [0.25, 0.3) is 0 Å². The van der Waals surface area contributed by atoms with Gasteiger partial charge in [-0.25, -0.2) is 4.98 Å². The lowest BCUT2D eigenvalue weighted by Gasteiger charge is -2.29. The van der Waals surface area contributed by atoms with Crippen LogP contribution in [-0.2, 0) is 0 Å². The maximum absolute atomic E-state index is 5.27. The topological polar surface area (TPSA) is 38.1 Å². The predicted molar refractivity (Wildman–Crippen MR) is 86.3 cm³/mol. The molecule has 1 heterocycles. The van der Waals surface area contributed by atoms with E-state index in [4.69, 9.17) is 4.42 Å². The second-order valence-electron chi connectivity index (χ2n) is 6.16. The van der Waals surface area contributed by atoms with E-state index in [1.807, 2.05) is 6.92 Å². The average Bonchev–Trinajstić information content (AvgIpc) is 2.95. The Bertz CT molecular complexity index is 567. The largest absolute Gasteiger partial charge is 0.449 e. The summed E-state index contributed by atoms with van der Waals surface area (Å²) in [7, 11) is 0. The van der Waals surface area contributed by atoms with Gasteiger partial charge in [-0.05, 0) is 37.8 Å². The quantitative estimate of drug-likeness (QED) is 0.855. The molecule has 1 aliphatic carbocycles. The molecule has 0 amide bonds. The number of hydrogen-bond acceptors (Lipinski definition) is 3. The first-order chi connectivity index (χ1) is 10.2. The van der Waals surface area contributed by atoms with Gasteiger partial charge in [-0.15, -0.1) is 0 Å². The van der Waals surface area contributed by atoms with Crippen molar-refractivity contribution >= 4 is 5.69 Å². The molecule has 1 atom stereocenters. The normalized spacial score (nSPS) is 17.6. The number of hydrogen-bond donors (Lipinski definition) is 1. The molecule has 2 aromatic rings. The van der Waals surface area contributed by atoms with Gasteiger partial charge >= 0.3 is 0 Å². The summed E-state index contributed by atoms with van der Waals surface area (Å²) in [5, 5.41) is 3.65. The van der Waals surface area contributed by atoms with Crippen LogP contribution in [0.25, 0.3) is 11.3 Å². The third kappa shape index (κ3) is 3.46. The molecular formula is C18H24N2O. The van der Waals surface area contributed by atoms with Crippen LogP contribution >= 0.6 is 0 Å². The number of nitrogens with one attached hydrogen (secondary N) is 1. The number of aromatic nitrogens is 1. The molecule has 3 rings (SSSR count). The molecule has 0 radical (unpaired) electrons. The molecule has 1 aliphatic rings. The van der Waals surface area contributed by atoms with Gasteiger partial charge < -0.3 is 9.73 Å². The van der Waals surface area contributed by atoms with Gasteiger partial charge in [0.05, 0.1) is 0 Å². The van der Waals surface area contributed by atoms with Crippen molar-refractivity contribution in [3.05, 3.63) is 36.4 Å². The standard InChI is InChI=1S/C18H24N2O/c1-13(15-6-4-3-5-7-15)19-17-10-8-16(9-11-17)18-12-21-14(2)20-18/h8-13,15,19H,3-7H2,1-2H3. The zero-order valence-electron chi connectivity index (χ0n) is 12.9. The maximum Gasteiger partial charge on any atom is 0.191 e. The van der Waals surface area contributed by atoms with Gasteiger partial charge in [-0.3, -0.25) is 0 Å². The highest BCUT2D eigenvalue weighted by Crippen LogP contribution is 2.28. The van der Waals surface area contributed by atoms with Crippen molar-refractivity contribution in [3.63, 3.8) is 0 Å². The van der Waals surface area contributed by atoms with E-state index in [0.717, 1.165) is 17.2 Å². The Balaban J connectivity index is 1.64. The summed E-state index contributed by atoms with van der Waals surface area (Å²) in [5.41, 5.74) is 3.19. The highest BCUT2D eigenvalue weighted by Gasteiger charge is 2.19. The molecule has 0 bridgehead atoms. The summed E-state index contributed by atoms with van der Waals surface area (Å²) in [4.78, 5) is 4.36. The Hall–Kier alpha value is -1.77. The van der Waals surface area contributed by atoms with Crippen LogP contribution in [0.1, 0.15) is 44.9 Å². The summed E-state index contributed by atoms with van der Waals surface area (Å²) < 4.78 is 5.27. The summed E-state index contributed by atoms with van der Waals surface area (Å²) in [6.45, 7) is 4.18. The molecule has 112 valence electrons. The zero-order chi connectivity index (χ0) is 14.7. The van der Waals surface area contributed by atoms with Crippen LogP contribution in [0.4, 0.5) is 5.69 Å². The number of nitrogens with zero attached hydrogens (tertiary/aromatic N) is 1. The first-order valence-electron chi connectivity index (χ1n) is 8.01. The van der Waals surface area contributed by atoms with Gasteiger partial charge in [0.2, 0.25) is 0 Å². The Morgan fingerprint density at radius 1 is 1.14 bits per heavy atom. The van der Waals surface area contributed by atoms with Gasteiger partial charge in [0.1, 0.15) is 12.0 Å². The molecule has 1 aromatic heterocycles. The molecule has 1 fully saturated rings. The predicted octanol–water partition coefficient (Wildman–Crippen LogP) is 5.03. The summed E-state index contributed by atoms with van der Waals surface area (Å²) >= 11 is 0. The lowest BCUT2D eigenvalue weighted by atomic mass is 9.84. The first kappa shape index (κ1) is 14.2. The van der Waals surface area contributed by atoms with Crippen LogP contribution in [0.5, 0.6) is 0 Å². The molecule has 0 spiro atoms. The van der Waals surface area contributed by atoms with Gasteiger partial charge in [-0.1, -0.05) is 31.4 Å². The molecule has 1 aromatic carbocycles. The monoisotopic (exact) mass is 284 g/mol. The lowest BCUT2D eigenvalue weighted by Crippen LogP contribution is -2.27. The van der Waals surface area contributed by atoms with E-state index in [1.54, 1.807) is 6.26 Å². The van der Waals surface area contributed by atoms with Crippen LogP contribution < -0.4 is 5.32 Å². The van der Waals surface area contributed by atoms with Crippen molar-refractivity contribution in [2.75, 3.05) is 5.32 Å². The Labute approximate surface area is 126 Å². The number of oxazole rings is 1. The zero-order valence-corrected chi connectivity index (χ0v) is 12.9. The van der Waals surface area contributed by atoms with Crippen LogP contribution in [-0.4, -0.2) is 11.0 Å². The van der Waals surface area contributed by atoms with Gasteiger partial charge in [-0.2, -0.15) is 0 Å². The molecule has 1 saturated carbocycles. The summed E-state index contributed by atoms with van der Waals surface area (Å²) in [6.07, 6.45) is 8.63. The fraction of sp³-hybridized carbons (Fsp3) is 0.500. The fourth-order valence-corrected chi connectivity index (χ4v) is 3.25. The molecule has 3 nitrogen and oxygen atoms in total. The third-order valence-corrected chi connectivity index (χ3v) is 4.55. The Morgan fingerprint density at radius 3 is 2.48 bits per heavy atom. The SMILES string of the molecule is Cc1nc(-c2ccc(NC(C)C3CCCCC3)cc2)co1. The molecular weight excluding hydrogens is 260 g/mol. The number of benzene rings is 1. The highest BCUT2D eigenvalue weighted by molar-refractivity contribution is 5.61. The average molecular weight is 284 g/mol. The van der Waals surface area contributed by atoms with Gasteiger partial charge in [0, 0.05) is 24.2 Å². The number of aryl methyl sites for hydroxylation is 1. The van der Waals surface area contributed by atoms with Crippen LogP contribution in [0.3, 0.4) is 0 Å². The Kier molecular flexibility index (Phi) is 4.28. The lowest BCUT2D eigenvalue weighted by molar-refractivity contribution is 0.328. The van der Waals surface area contributed by atoms with Crippen molar-refractivity contribution < 1.29 is 4.42 Å². The van der Waals surface area contributed by atoms with E-state index in [2.05, 4.69) is 41.5 Å². The second kappa shape index (κ2) is 6.33. The molecule has 1 unspecified atom stereocenters. The number of anilines is 1. The van der Waals surface area contributed by atoms with E-state index in [0.29, 0.717) is 11.9 Å². The molecule has 0 saturated heterocycles.